The first kappa shape index (κ1) is 32.7. The van der Waals surface area contributed by atoms with Crippen LogP contribution in [0.15, 0.2) is 58.5 Å². The van der Waals surface area contributed by atoms with Crippen molar-refractivity contribution in [3.63, 3.8) is 0 Å². The summed E-state index contributed by atoms with van der Waals surface area (Å²) in [6.07, 6.45) is 5.39. The number of nitrogens with two attached hydrogens (primary N) is 1. The summed E-state index contributed by atoms with van der Waals surface area (Å²) in [6.45, 7) is 8.21. The van der Waals surface area contributed by atoms with Crippen molar-refractivity contribution in [2.75, 3.05) is 27.3 Å². The number of hydrogen-bond acceptors (Lipinski definition) is 9. The van der Waals surface area contributed by atoms with Gasteiger partial charge in [0.05, 0.1) is 11.4 Å². The maximum Gasteiger partial charge on any atom is 0.405 e. The van der Waals surface area contributed by atoms with Crippen LogP contribution >= 0.6 is 0 Å². The Morgan fingerprint density at radius 2 is 1.76 bits per heavy atom. The number of likely N-dealkylation sites (tertiary alicyclic amines) is 1. The molecule has 2 aliphatic heterocycles. The highest BCUT2D eigenvalue weighted by Gasteiger charge is 2.36. The molecule has 0 aromatic heterocycles. The minimum Gasteiger partial charge on any atom is -0.439 e. The molecular formula is C31H41N3O8. The van der Waals surface area contributed by atoms with Gasteiger partial charge in [-0.2, -0.15) is 0 Å². The van der Waals surface area contributed by atoms with Crippen molar-refractivity contribution >= 4 is 29.4 Å². The summed E-state index contributed by atoms with van der Waals surface area (Å²) in [4.78, 5) is 66.9. The Bertz CT molecular complexity index is 1270. The number of ether oxygens (including phenoxy) is 3. The molecule has 3 rings (SSSR count). The van der Waals surface area contributed by atoms with Gasteiger partial charge in [0, 0.05) is 50.4 Å². The van der Waals surface area contributed by atoms with Crippen LogP contribution < -0.4 is 11.1 Å². The number of primary amides is 1. The van der Waals surface area contributed by atoms with Crippen molar-refractivity contribution in [3.05, 3.63) is 58.5 Å². The van der Waals surface area contributed by atoms with E-state index in [1.54, 1.807) is 39.0 Å². The summed E-state index contributed by atoms with van der Waals surface area (Å²) < 4.78 is 16.5. The zero-order valence-electron chi connectivity index (χ0n) is 25.1. The number of rotatable bonds is 4. The molecule has 11 heteroatoms. The largest absolute Gasteiger partial charge is 0.439 e. The van der Waals surface area contributed by atoms with Crippen molar-refractivity contribution in [3.8, 4) is 0 Å². The average molecular weight is 584 g/mol. The van der Waals surface area contributed by atoms with Crippen molar-refractivity contribution in [1.82, 2.24) is 10.2 Å². The van der Waals surface area contributed by atoms with Crippen LogP contribution in [-0.2, 0) is 33.4 Å². The Morgan fingerprint density at radius 1 is 1.07 bits per heavy atom. The number of hydrogen-bond donors (Lipinski definition) is 2. The maximum absolute atomic E-state index is 13.6. The molecule has 0 unspecified atom stereocenters. The second-order valence-electron chi connectivity index (χ2n) is 11.0. The van der Waals surface area contributed by atoms with E-state index in [0.29, 0.717) is 36.4 Å². The quantitative estimate of drug-likeness (QED) is 0.375. The van der Waals surface area contributed by atoms with Gasteiger partial charge in [0.15, 0.2) is 11.9 Å². The van der Waals surface area contributed by atoms with Crippen LogP contribution in [0.5, 0.6) is 0 Å². The van der Waals surface area contributed by atoms with E-state index in [9.17, 15) is 24.0 Å². The standard InChI is InChI=1S/C31H41N3O8/c1-17-13-21-26(34-11-8-12-34)23(35)16-22(28(21)37)33-30(38)18(2)9-7-10-24(40-5)29(42-31(32)39)20(4)15-19(3)27(36)25(14-17)41-6/h7,9-10,15-17,19,24-25,29H,8,11-14H2,1-6H3,(H2,32,39)(H,33,38)/b10-7-,18-9+,20-15+/t17-,19+,24+,25+,29+/m1/s1. The van der Waals surface area contributed by atoms with Crippen LogP contribution in [0.1, 0.15) is 47.0 Å². The van der Waals surface area contributed by atoms with Gasteiger partial charge < -0.3 is 30.2 Å². The topological polar surface area (TPSA) is 154 Å². The van der Waals surface area contributed by atoms with E-state index in [0.717, 1.165) is 6.42 Å². The van der Waals surface area contributed by atoms with Gasteiger partial charge in [0.25, 0.3) is 5.91 Å². The molecule has 3 N–H and O–H groups in total. The zero-order chi connectivity index (χ0) is 31.1. The Kier molecular flexibility index (Phi) is 11.2. The number of Topliss-reactive ketones (excluding diaryl/α,β-unsaturated/α-hetero) is 2. The zero-order valence-corrected chi connectivity index (χ0v) is 25.1. The minimum absolute atomic E-state index is 0.0939. The molecule has 1 fully saturated rings. The first-order valence-corrected chi connectivity index (χ1v) is 14.1. The van der Waals surface area contributed by atoms with Crippen molar-refractivity contribution in [1.29, 1.82) is 0 Å². The predicted octanol–water partition coefficient (Wildman–Crippen LogP) is 2.68. The molecule has 0 radical (unpaired) electrons. The highest BCUT2D eigenvalue weighted by molar-refractivity contribution is 6.23. The van der Waals surface area contributed by atoms with Gasteiger partial charge >= 0.3 is 6.09 Å². The van der Waals surface area contributed by atoms with Crippen molar-refractivity contribution < 1.29 is 38.2 Å². The molecule has 0 aromatic carbocycles. The molecule has 0 aromatic rings. The molecule has 228 valence electrons. The number of methoxy groups -OCH3 is 2. The van der Waals surface area contributed by atoms with E-state index in [1.807, 2.05) is 11.8 Å². The number of fused-ring (bicyclic) bond motifs is 2. The number of nitrogens with one attached hydrogen (secondary N) is 1. The number of carbonyl (C=O) groups is 5. The molecule has 5 atom stereocenters. The van der Waals surface area contributed by atoms with E-state index in [-0.39, 0.29) is 35.2 Å². The lowest BCUT2D eigenvalue weighted by atomic mass is 9.85. The second kappa shape index (κ2) is 14.4. The van der Waals surface area contributed by atoms with E-state index >= 15 is 0 Å². The third kappa shape index (κ3) is 7.71. The summed E-state index contributed by atoms with van der Waals surface area (Å²) in [5, 5.41) is 2.59. The normalized spacial score (nSPS) is 31.7. The SMILES string of the molecule is CO[C@H]1C[C@H](C)CC2=C(N3CCC3)C(=O)C=C(NC(=O)/C(C)=C/C=C\[C@H](OC)[C@@H](OC(N)=O)/C(C)=C/[C@H](C)C1=O)C2=O. The average Bonchev–Trinajstić information content (AvgIpc) is 2.90. The van der Waals surface area contributed by atoms with Gasteiger partial charge in [-0.25, -0.2) is 4.79 Å². The number of amides is 2. The predicted molar refractivity (Wildman–Crippen MR) is 155 cm³/mol. The lowest BCUT2D eigenvalue weighted by molar-refractivity contribution is -0.132. The van der Waals surface area contributed by atoms with Crippen molar-refractivity contribution in [2.45, 2.75) is 65.3 Å². The Morgan fingerprint density at radius 3 is 2.33 bits per heavy atom. The van der Waals surface area contributed by atoms with Crippen LogP contribution in [0, 0.1) is 11.8 Å². The van der Waals surface area contributed by atoms with Gasteiger partial charge in [0.2, 0.25) is 11.6 Å². The first-order chi connectivity index (χ1) is 19.9. The fourth-order valence-electron chi connectivity index (χ4n) is 5.30. The molecular weight excluding hydrogens is 542 g/mol. The maximum atomic E-state index is 13.6. The fraction of sp³-hybridized carbons (Fsp3) is 0.516. The molecule has 0 spiro atoms. The van der Waals surface area contributed by atoms with Gasteiger partial charge in [-0.1, -0.05) is 38.2 Å². The van der Waals surface area contributed by atoms with Crippen LogP contribution in [-0.4, -0.2) is 79.9 Å². The lowest BCUT2D eigenvalue weighted by Crippen LogP contribution is -2.43. The molecule has 42 heavy (non-hydrogen) atoms. The summed E-state index contributed by atoms with van der Waals surface area (Å²) in [5.41, 5.74) is 6.72. The monoisotopic (exact) mass is 583 g/mol. The Hall–Kier alpha value is -3.83. The van der Waals surface area contributed by atoms with E-state index in [1.165, 1.54) is 26.4 Å². The lowest BCUT2D eigenvalue weighted by Gasteiger charge is -2.37. The fourth-order valence-corrected chi connectivity index (χ4v) is 5.30. The molecule has 1 saturated heterocycles. The third-order valence-corrected chi connectivity index (χ3v) is 7.73. The molecule has 2 amide bonds. The molecule has 2 bridgehead atoms. The van der Waals surface area contributed by atoms with E-state index in [4.69, 9.17) is 19.9 Å². The van der Waals surface area contributed by atoms with Gasteiger partial charge in [-0.3, -0.25) is 19.2 Å². The number of nitrogens with zero attached hydrogens (tertiary/aromatic N) is 1. The van der Waals surface area contributed by atoms with E-state index in [2.05, 4.69) is 5.32 Å². The molecule has 0 saturated carbocycles. The first-order valence-electron chi connectivity index (χ1n) is 14.1. The smallest absolute Gasteiger partial charge is 0.405 e. The van der Waals surface area contributed by atoms with Crippen LogP contribution in [0.2, 0.25) is 0 Å². The van der Waals surface area contributed by atoms with Crippen LogP contribution in [0.3, 0.4) is 0 Å². The highest BCUT2D eigenvalue weighted by Crippen LogP contribution is 2.31. The summed E-state index contributed by atoms with van der Waals surface area (Å²) >= 11 is 0. The second-order valence-corrected chi connectivity index (χ2v) is 11.0. The van der Waals surface area contributed by atoms with Crippen molar-refractivity contribution in [2.24, 2.45) is 17.6 Å². The number of ketones is 3. The van der Waals surface area contributed by atoms with Crippen LogP contribution in [0.4, 0.5) is 4.79 Å². The number of carbonyl (C=O) groups excluding carboxylic acids is 5. The molecule has 3 aliphatic rings. The molecule has 1 aliphatic carbocycles. The molecule has 2 heterocycles. The Labute approximate surface area is 246 Å². The van der Waals surface area contributed by atoms with Crippen LogP contribution in [0.25, 0.3) is 0 Å². The van der Waals surface area contributed by atoms with E-state index < -0.39 is 42.0 Å². The molecule has 11 nitrogen and oxygen atoms in total. The third-order valence-electron chi connectivity index (χ3n) is 7.73. The summed E-state index contributed by atoms with van der Waals surface area (Å²) in [6, 6.07) is 0. The van der Waals surface area contributed by atoms with Gasteiger partial charge in [0.1, 0.15) is 12.2 Å². The highest BCUT2D eigenvalue weighted by atomic mass is 16.6. The van der Waals surface area contributed by atoms with Gasteiger partial charge in [-0.05, 0) is 44.6 Å². The summed E-state index contributed by atoms with van der Waals surface area (Å²) in [7, 11) is 2.87. The minimum atomic E-state index is -1.01. The summed E-state index contributed by atoms with van der Waals surface area (Å²) in [5.74, 6) is -2.34. The number of allylic oxidation sites excluding steroid dienone is 5. The Balaban J connectivity index is 2.07. The van der Waals surface area contributed by atoms with Gasteiger partial charge in [-0.15, -0.1) is 0 Å².